The molecule has 1 aliphatic rings. The van der Waals surface area contributed by atoms with Crippen LogP contribution in [0, 0.1) is 5.82 Å². The highest BCUT2D eigenvalue weighted by atomic mass is 35.5. The number of anilines is 1. The third-order valence-corrected chi connectivity index (χ3v) is 4.50. The minimum absolute atomic E-state index is 0.106. The highest BCUT2D eigenvalue weighted by Gasteiger charge is 2.35. The molecule has 26 heavy (non-hydrogen) atoms. The molecular weight excluding hydrogens is 359 g/mol. The summed E-state index contributed by atoms with van der Waals surface area (Å²) in [7, 11) is 0. The van der Waals surface area contributed by atoms with Crippen molar-refractivity contribution in [3.63, 3.8) is 0 Å². The first-order valence-electron chi connectivity index (χ1n) is 8.28. The molecular formula is C19H18ClFN2O3. The van der Waals surface area contributed by atoms with E-state index in [9.17, 15) is 14.0 Å². The van der Waals surface area contributed by atoms with Crippen molar-refractivity contribution in [2.24, 2.45) is 0 Å². The summed E-state index contributed by atoms with van der Waals surface area (Å²) in [6.45, 7) is 0.594. The van der Waals surface area contributed by atoms with Crippen molar-refractivity contribution in [2.45, 2.75) is 25.5 Å². The highest BCUT2D eigenvalue weighted by molar-refractivity contribution is 6.33. The molecule has 2 amide bonds. The molecule has 3 rings (SSSR count). The summed E-state index contributed by atoms with van der Waals surface area (Å²) in [5, 5.41) is 2.76. The van der Waals surface area contributed by atoms with Gasteiger partial charge in [0.2, 0.25) is 5.91 Å². The maximum absolute atomic E-state index is 13.1. The Morgan fingerprint density at radius 2 is 2.00 bits per heavy atom. The smallest absolute Gasteiger partial charge is 0.410 e. The number of benzene rings is 2. The van der Waals surface area contributed by atoms with E-state index in [1.54, 1.807) is 0 Å². The predicted molar refractivity (Wildman–Crippen MR) is 96.4 cm³/mol. The Balaban J connectivity index is 1.61. The molecule has 1 N–H and O–H groups in total. The molecule has 0 aliphatic carbocycles. The number of rotatable bonds is 4. The second-order valence-electron chi connectivity index (χ2n) is 6.01. The molecule has 2 aromatic carbocycles. The number of ether oxygens (including phenoxy) is 1. The van der Waals surface area contributed by atoms with E-state index >= 15 is 0 Å². The molecule has 0 unspecified atom stereocenters. The van der Waals surface area contributed by atoms with Gasteiger partial charge in [0, 0.05) is 6.54 Å². The van der Waals surface area contributed by atoms with Crippen molar-refractivity contribution in [3.8, 4) is 0 Å². The Hall–Kier alpha value is -2.60. The fourth-order valence-electron chi connectivity index (χ4n) is 2.87. The van der Waals surface area contributed by atoms with Crippen LogP contribution in [0.1, 0.15) is 18.4 Å². The van der Waals surface area contributed by atoms with E-state index in [-0.39, 0.29) is 17.5 Å². The molecule has 1 saturated heterocycles. The average molecular weight is 377 g/mol. The van der Waals surface area contributed by atoms with Gasteiger partial charge in [-0.15, -0.1) is 0 Å². The number of likely N-dealkylation sites (tertiary alicyclic amines) is 1. The van der Waals surface area contributed by atoms with Gasteiger partial charge in [-0.3, -0.25) is 9.69 Å². The zero-order valence-corrected chi connectivity index (χ0v) is 14.7. The number of nitrogens with one attached hydrogen (secondary N) is 1. The predicted octanol–water partition coefficient (Wildman–Crippen LogP) is 4.22. The molecule has 7 heteroatoms. The molecule has 1 aliphatic heterocycles. The topological polar surface area (TPSA) is 58.6 Å². The van der Waals surface area contributed by atoms with E-state index in [1.165, 1.54) is 17.0 Å². The number of halogens is 2. The number of nitrogens with zero attached hydrogens (tertiary/aromatic N) is 1. The molecule has 0 radical (unpaired) electrons. The molecule has 1 heterocycles. The highest BCUT2D eigenvalue weighted by Crippen LogP contribution is 2.25. The third kappa shape index (κ3) is 4.32. The fourth-order valence-corrected chi connectivity index (χ4v) is 3.08. The third-order valence-electron chi connectivity index (χ3n) is 4.18. The Labute approximate surface area is 155 Å². The summed E-state index contributed by atoms with van der Waals surface area (Å²) in [6.07, 6.45) is 0.706. The van der Waals surface area contributed by atoms with Crippen LogP contribution >= 0.6 is 11.6 Å². The Bertz CT molecular complexity index is 801. The van der Waals surface area contributed by atoms with Gasteiger partial charge in [0.05, 0.1) is 10.7 Å². The number of carbonyl (C=O) groups excluding carboxylic acids is 2. The summed E-state index contributed by atoms with van der Waals surface area (Å²) in [5.41, 5.74) is 1.18. The minimum atomic E-state index is -0.639. The first-order chi connectivity index (χ1) is 12.5. The lowest BCUT2D eigenvalue weighted by molar-refractivity contribution is -0.120. The maximum Gasteiger partial charge on any atom is 0.410 e. The molecule has 1 atom stereocenters. The van der Waals surface area contributed by atoms with Crippen molar-refractivity contribution >= 4 is 29.3 Å². The van der Waals surface area contributed by atoms with Crippen molar-refractivity contribution in [3.05, 3.63) is 64.9 Å². The number of hydrogen-bond donors (Lipinski definition) is 1. The van der Waals surface area contributed by atoms with Gasteiger partial charge in [-0.1, -0.05) is 41.9 Å². The SMILES string of the molecule is O=C(Nc1ccc(F)cc1Cl)[C@@H]1CCCN1C(=O)OCc1ccccc1. The Morgan fingerprint density at radius 3 is 2.73 bits per heavy atom. The van der Waals surface area contributed by atoms with Crippen LogP contribution in [-0.4, -0.2) is 29.5 Å². The van der Waals surface area contributed by atoms with Gasteiger partial charge in [-0.25, -0.2) is 9.18 Å². The molecule has 2 aromatic rings. The summed E-state index contributed by atoms with van der Waals surface area (Å²) >= 11 is 5.94. The van der Waals surface area contributed by atoms with Gasteiger partial charge in [-0.2, -0.15) is 0 Å². The van der Waals surface area contributed by atoms with E-state index in [0.717, 1.165) is 11.6 Å². The zero-order valence-electron chi connectivity index (χ0n) is 14.0. The second-order valence-corrected chi connectivity index (χ2v) is 6.41. The number of amides is 2. The van der Waals surface area contributed by atoms with Crippen molar-refractivity contribution in [1.29, 1.82) is 0 Å². The molecule has 5 nitrogen and oxygen atoms in total. The van der Waals surface area contributed by atoms with E-state index in [4.69, 9.17) is 16.3 Å². The molecule has 0 spiro atoms. The number of hydrogen-bond acceptors (Lipinski definition) is 3. The monoisotopic (exact) mass is 376 g/mol. The average Bonchev–Trinajstić information content (AvgIpc) is 3.13. The van der Waals surface area contributed by atoms with E-state index in [0.29, 0.717) is 25.1 Å². The minimum Gasteiger partial charge on any atom is -0.445 e. The first-order valence-corrected chi connectivity index (χ1v) is 8.65. The van der Waals surface area contributed by atoms with Crippen LogP contribution in [-0.2, 0) is 16.1 Å². The van der Waals surface area contributed by atoms with Crippen LogP contribution in [0.3, 0.4) is 0 Å². The maximum atomic E-state index is 13.1. The number of carbonyl (C=O) groups is 2. The molecule has 0 bridgehead atoms. The van der Waals surface area contributed by atoms with Crippen molar-refractivity contribution in [2.75, 3.05) is 11.9 Å². The molecule has 1 fully saturated rings. The van der Waals surface area contributed by atoms with Gasteiger partial charge in [-0.05, 0) is 36.6 Å². The van der Waals surface area contributed by atoms with Crippen LogP contribution < -0.4 is 5.32 Å². The molecule has 0 saturated carbocycles. The van der Waals surface area contributed by atoms with E-state index < -0.39 is 18.0 Å². The zero-order chi connectivity index (χ0) is 18.5. The molecule has 0 aromatic heterocycles. The molecule has 136 valence electrons. The van der Waals surface area contributed by atoms with Gasteiger partial charge in [0.15, 0.2) is 0 Å². The Morgan fingerprint density at radius 1 is 1.23 bits per heavy atom. The normalized spacial score (nSPS) is 16.4. The van der Waals surface area contributed by atoms with E-state index in [2.05, 4.69) is 5.32 Å². The van der Waals surface area contributed by atoms with Crippen molar-refractivity contribution in [1.82, 2.24) is 4.90 Å². The van der Waals surface area contributed by atoms with Crippen LogP contribution in [0.4, 0.5) is 14.9 Å². The standard InChI is InChI=1S/C19H18ClFN2O3/c20-15-11-14(21)8-9-16(15)22-18(24)17-7-4-10-23(17)19(25)26-12-13-5-2-1-3-6-13/h1-3,5-6,8-9,11,17H,4,7,10,12H2,(H,22,24)/t17-/m0/s1. The lowest BCUT2D eigenvalue weighted by Crippen LogP contribution is -2.43. The largest absolute Gasteiger partial charge is 0.445 e. The van der Waals surface area contributed by atoms with Crippen LogP contribution in [0.15, 0.2) is 48.5 Å². The lowest BCUT2D eigenvalue weighted by atomic mass is 10.2. The summed E-state index contributed by atoms with van der Waals surface area (Å²) in [6, 6.07) is 12.4. The quantitative estimate of drug-likeness (QED) is 0.869. The van der Waals surface area contributed by atoms with E-state index in [1.807, 2.05) is 30.3 Å². The second kappa shape index (κ2) is 8.19. The lowest BCUT2D eigenvalue weighted by Gasteiger charge is -2.23. The summed E-state index contributed by atoms with van der Waals surface area (Å²) in [5.74, 6) is -0.854. The summed E-state index contributed by atoms with van der Waals surface area (Å²) in [4.78, 5) is 26.3. The van der Waals surface area contributed by atoms with Crippen LogP contribution in [0.25, 0.3) is 0 Å². The van der Waals surface area contributed by atoms with Gasteiger partial charge >= 0.3 is 6.09 Å². The Kier molecular flexibility index (Phi) is 5.73. The van der Waals surface area contributed by atoms with Crippen LogP contribution in [0.5, 0.6) is 0 Å². The van der Waals surface area contributed by atoms with Crippen molar-refractivity contribution < 1.29 is 18.7 Å². The summed E-state index contributed by atoms with van der Waals surface area (Å²) < 4.78 is 18.4. The van der Waals surface area contributed by atoms with Crippen LogP contribution in [0.2, 0.25) is 5.02 Å². The van der Waals surface area contributed by atoms with Gasteiger partial charge < -0.3 is 10.1 Å². The first kappa shape index (κ1) is 18.2. The van der Waals surface area contributed by atoms with Gasteiger partial charge in [0.1, 0.15) is 18.5 Å². The fraction of sp³-hybridized carbons (Fsp3) is 0.263. The van der Waals surface area contributed by atoms with Gasteiger partial charge in [0.25, 0.3) is 0 Å².